The van der Waals surface area contributed by atoms with E-state index >= 15 is 0 Å². The van der Waals surface area contributed by atoms with Gasteiger partial charge < -0.3 is 25.2 Å². The van der Waals surface area contributed by atoms with Crippen LogP contribution in [0.3, 0.4) is 0 Å². The summed E-state index contributed by atoms with van der Waals surface area (Å²) in [5.74, 6) is 1.61. The minimum Gasteiger partial charge on any atom is -0.492 e. The van der Waals surface area contributed by atoms with Gasteiger partial charge in [-0.3, -0.25) is 9.36 Å². The van der Waals surface area contributed by atoms with Crippen LogP contribution in [0, 0.1) is 0 Å². The smallest absolute Gasteiger partial charge is 0.247 e. The highest BCUT2D eigenvalue weighted by molar-refractivity contribution is 5.99. The molecule has 0 spiro atoms. The molecule has 0 aliphatic rings. The molecular formula is C38H38N8O2. The molecule has 10 nitrogen and oxygen atoms in total. The topological polar surface area (TPSA) is 100 Å². The van der Waals surface area contributed by atoms with Gasteiger partial charge in [-0.25, -0.2) is 4.98 Å². The molecule has 0 unspecified atom stereocenters. The third kappa shape index (κ3) is 8.04. The lowest BCUT2D eigenvalue weighted by Crippen LogP contribution is -2.24. The molecule has 2 aromatic heterocycles. The van der Waals surface area contributed by atoms with Gasteiger partial charge in [0, 0.05) is 31.0 Å². The lowest BCUT2D eigenvalue weighted by atomic mass is 10.1. The number of carbonyl (C=O) groups excluding carboxylic acids is 1. The van der Waals surface area contributed by atoms with Gasteiger partial charge in [-0.1, -0.05) is 73.3 Å². The summed E-state index contributed by atoms with van der Waals surface area (Å²) in [6.45, 7) is 6.21. The summed E-state index contributed by atoms with van der Waals surface area (Å²) in [6, 6.07) is 35.9. The summed E-state index contributed by atoms with van der Waals surface area (Å²) in [5.41, 5.74) is 5.79. The molecule has 2 heterocycles. The van der Waals surface area contributed by atoms with Gasteiger partial charge in [0.15, 0.2) is 17.0 Å². The molecule has 6 rings (SSSR count). The largest absolute Gasteiger partial charge is 0.492 e. The second-order valence-corrected chi connectivity index (χ2v) is 11.5. The Morgan fingerprint density at radius 3 is 2.19 bits per heavy atom. The van der Waals surface area contributed by atoms with E-state index < -0.39 is 0 Å². The maximum absolute atomic E-state index is 12.0. The molecular weight excluding hydrogens is 600 g/mol. The first-order chi connectivity index (χ1) is 23.4. The molecule has 4 aromatic carbocycles. The first kappa shape index (κ1) is 32.0. The average molecular weight is 639 g/mol. The quantitative estimate of drug-likeness (QED) is 0.125. The van der Waals surface area contributed by atoms with Crippen molar-refractivity contribution >= 4 is 40.2 Å². The van der Waals surface area contributed by atoms with Crippen LogP contribution in [0.1, 0.15) is 11.1 Å². The number of rotatable bonds is 14. The molecule has 0 fully saturated rings. The van der Waals surface area contributed by atoms with Crippen molar-refractivity contribution in [2.45, 2.75) is 13.1 Å². The summed E-state index contributed by atoms with van der Waals surface area (Å²) in [5, 5.41) is 6.25. The van der Waals surface area contributed by atoms with Gasteiger partial charge in [-0.05, 0) is 73.8 Å². The number of hydrogen-bond donors (Lipinski definition) is 2. The summed E-state index contributed by atoms with van der Waals surface area (Å²) in [6.07, 6.45) is 2.98. The van der Waals surface area contributed by atoms with E-state index in [9.17, 15) is 4.79 Å². The number of nitrogens with zero attached hydrogens (tertiary/aromatic N) is 6. The number of hydrogen-bond acceptors (Lipinski definition) is 8. The molecule has 0 bridgehead atoms. The Kier molecular flexibility index (Phi) is 10.0. The van der Waals surface area contributed by atoms with Crippen LogP contribution in [-0.4, -0.2) is 57.6 Å². The van der Waals surface area contributed by atoms with E-state index in [0.29, 0.717) is 48.3 Å². The normalized spacial score (nSPS) is 11.0. The second kappa shape index (κ2) is 15.1. The zero-order valence-corrected chi connectivity index (χ0v) is 27.1. The maximum Gasteiger partial charge on any atom is 0.247 e. The lowest BCUT2D eigenvalue weighted by molar-refractivity contribution is -0.111. The van der Waals surface area contributed by atoms with E-state index in [2.05, 4.69) is 51.3 Å². The fourth-order valence-corrected chi connectivity index (χ4v) is 5.20. The highest BCUT2D eigenvalue weighted by atomic mass is 16.5. The number of benzene rings is 4. The SMILES string of the molecule is C=CC(=O)Nc1cccc(-n2cnc3c(N(Cc4ccccc4)Cc4ccccc4)nc(Nc4ccc(OCCN(C)C)cc4)nc32)c1. The maximum atomic E-state index is 12.0. The van der Waals surface area contributed by atoms with E-state index in [1.807, 2.05) is 104 Å². The van der Waals surface area contributed by atoms with Crippen LogP contribution in [0.4, 0.5) is 23.1 Å². The van der Waals surface area contributed by atoms with E-state index in [1.165, 1.54) is 6.08 Å². The van der Waals surface area contributed by atoms with E-state index in [0.717, 1.165) is 34.8 Å². The molecule has 1 amide bonds. The summed E-state index contributed by atoms with van der Waals surface area (Å²) in [4.78, 5) is 31.2. The van der Waals surface area contributed by atoms with Gasteiger partial charge in [0.05, 0.1) is 5.69 Å². The van der Waals surface area contributed by atoms with Crippen LogP contribution < -0.4 is 20.3 Å². The first-order valence-corrected chi connectivity index (χ1v) is 15.7. The Bertz CT molecular complexity index is 1930. The van der Waals surface area contributed by atoms with Crippen molar-refractivity contribution in [2.75, 3.05) is 42.8 Å². The van der Waals surface area contributed by atoms with Crippen LogP contribution in [0.5, 0.6) is 5.75 Å². The van der Waals surface area contributed by atoms with Crippen molar-refractivity contribution in [1.82, 2.24) is 24.4 Å². The number of nitrogens with one attached hydrogen (secondary N) is 2. The van der Waals surface area contributed by atoms with Crippen LogP contribution in [0.25, 0.3) is 16.9 Å². The van der Waals surface area contributed by atoms with Crippen LogP contribution in [0.15, 0.2) is 128 Å². The van der Waals surface area contributed by atoms with E-state index in [4.69, 9.17) is 19.7 Å². The Balaban J connectivity index is 1.42. The van der Waals surface area contributed by atoms with Gasteiger partial charge in [-0.2, -0.15) is 9.97 Å². The minimum atomic E-state index is -0.287. The summed E-state index contributed by atoms with van der Waals surface area (Å²) >= 11 is 0. The lowest BCUT2D eigenvalue weighted by Gasteiger charge is -2.25. The number of ether oxygens (including phenoxy) is 1. The number of aromatic nitrogens is 4. The van der Waals surface area contributed by atoms with Crippen LogP contribution in [-0.2, 0) is 17.9 Å². The van der Waals surface area contributed by atoms with Crippen molar-refractivity contribution in [2.24, 2.45) is 0 Å². The second-order valence-electron chi connectivity index (χ2n) is 11.5. The predicted molar refractivity (Wildman–Crippen MR) is 192 cm³/mol. The standard InChI is InChI=1S/C38H38N8O2/c1-4-34(47)40-31-16-11-17-32(24-31)46-27-39-35-36(45(25-28-12-7-5-8-13-28)26-29-14-9-6-10-15-29)42-38(43-37(35)46)41-30-18-20-33(21-19-30)48-23-22-44(2)3/h4-21,24,27H,1,22-23,25-26H2,2-3H3,(H,40,47)(H,41,42,43). The van der Waals surface area contributed by atoms with Gasteiger partial charge in [0.2, 0.25) is 11.9 Å². The predicted octanol–water partition coefficient (Wildman–Crippen LogP) is 6.83. The molecule has 6 aromatic rings. The average Bonchev–Trinajstić information content (AvgIpc) is 3.53. The van der Waals surface area contributed by atoms with Gasteiger partial charge >= 0.3 is 0 Å². The monoisotopic (exact) mass is 638 g/mol. The van der Waals surface area contributed by atoms with Crippen molar-refractivity contribution in [1.29, 1.82) is 0 Å². The van der Waals surface area contributed by atoms with Crippen molar-refractivity contribution in [3.8, 4) is 11.4 Å². The number of carbonyl (C=O) groups is 1. The molecule has 10 heteroatoms. The fourth-order valence-electron chi connectivity index (χ4n) is 5.20. The molecule has 2 N–H and O–H groups in total. The number of imidazole rings is 1. The number of amides is 1. The zero-order chi connectivity index (χ0) is 33.3. The minimum absolute atomic E-state index is 0.287. The van der Waals surface area contributed by atoms with Crippen molar-refractivity contribution < 1.29 is 9.53 Å². The van der Waals surface area contributed by atoms with E-state index in [1.54, 1.807) is 6.33 Å². The van der Waals surface area contributed by atoms with Crippen LogP contribution in [0.2, 0.25) is 0 Å². The molecule has 48 heavy (non-hydrogen) atoms. The fraction of sp³-hybridized carbons (Fsp3) is 0.158. The Morgan fingerprint density at radius 2 is 1.54 bits per heavy atom. The van der Waals surface area contributed by atoms with Gasteiger partial charge in [0.25, 0.3) is 0 Å². The third-order valence-electron chi connectivity index (χ3n) is 7.60. The van der Waals surface area contributed by atoms with Gasteiger partial charge in [-0.15, -0.1) is 0 Å². The van der Waals surface area contributed by atoms with Gasteiger partial charge in [0.1, 0.15) is 18.7 Å². The molecule has 0 saturated carbocycles. The third-order valence-corrected chi connectivity index (χ3v) is 7.60. The number of anilines is 4. The molecule has 0 saturated heterocycles. The van der Waals surface area contributed by atoms with Crippen LogP contribution >= 0.6 is 0 Å². The highest BCUT2D eigenvalue weighted by Crippen LogP contribution is 2.31. The van der Waals surface area contributed by atoms with Crippen molar-refractivity contribution in [3.05, 3.63) is 139 Å². The number of likely N-dealkylation sites (N-methyl/N-ethyl adjacent to an activating group) is 1. The van der Waals surface area contributed by atoms with Crippen molar-refractivity contribution in [3.63, 3.8) is 0 Å². The molecule has 0 aliphatic carbocycles. The first-order valence-electron chi connectivity index (χ1n) is 15.7. The summed E-state index contributed by atoms with van der Waals surface area (Å²) in [7, 11) is 4.04. The Hall–Kier alpha value is -6.00. The highest BCUT2D eigenvalue weighted by Gasteiger charge is 2.21. The molecule has 0 atom stereocenters. The molecule has 0 aliphatic heterocycles. The Labute approximate surface area is 280 Å². The molecule has 242 valence electrons. The molecule has 0 radical (unpaired) electrons. The number of fused-ring (bicyclic) bond motifs is 1. The van der Waals surface area contributed by atoms with E-state index in [-0.39, 0.29) is 5.91 Å². The zero-order valence-electron chi connectivity index (χ0n) is 27.1. The Morgan fingerprint density at radius 1 is 0.854 bits per heavy atom. The summed E-state index contributed by atoms with van der Waals surface area (Å²) < 4.78 is 7.79.